The summed E-state index contributed by atoms with van der Waals surface area (Å²) < 4.78 is 0. The van der Waals surface area contributed by atoms with Crippen LogP contribution in [0.4, 0.5) is 5.69 Å². The van der Waals surface area contributed by atoms with Crippen LogP contribution in [0.1, 0.15) is 15.9 Å². The van der Waals surface area contributed by atoms with Crippen LogP contribution in [-0.2, 0) is 0 Å². The maximum Gasteiger partial charge on any atom is 0.255 e. The molecule has 0 heterocycles. The lowest BCUT2D eigenvalue weighted by Crippen LogP contribution is -2.14. The molecule has 2 rings (SSSR count). The summed E-state index contributed by atoms with van der Waals surface area (Å²) in [7, 11) is 0. The van der Waals surface area contributed by atoms with Crippen LogP contribution in [0.3, 0.4) is 0 Å². The molecule has 0 unspecified atom stereocenters. The largest absolute Gasteiger partial charge is 0.389 e. The van der Waals surface area contributed by atoms with Crippen LogP contribution in [0.25, 0.3) is 0 Å². The molecule has 0 aliphatic rings. The molecule has 0 atom stereocenters. The maximum absolute atomic E-state index is 12.1. The monoisotopic (exact) mass is 324 g/mol. The van der Waals surface area contributed by atoms with Crippen molar-refractivity contribution >= 4 is 52.0 Å². The molecule has 1 amide bonds. The third kappa shape index (κ3) is 3.70. The number of hydrogen-bond acceptors (Lipinski definition) is 2. The van der Waals surface area contributed by atoms with E-state index in [-0.39, 0.29) is 10.9 Å². The Balaban J connectivity index is 2.23. The summed E-state index contributed by atoms with van der Waals surface area (Å²) in [6.45, 7) is 0. The van der Waals surface area contributed by atoms with E-state index in [0.29, 0.717) is 26.9 Å². The molecule has 20 heavy (non-hydrogen) atoms. The number of nitrogens with one attached hydrogen (secondary N) is 1. The van der Waals surface area contributed by atoms with E-state index in [4.69, 9.17) is 41.2 Å². The number of benzene rings is 2. The molecule has 0 bridgehead atoms. The number of halogens is 2. The third-order valence-electron chi connectivity index (χ3n) is 2.53. The fourth-order valence-corrected chi connectivity index (χ4v) is 2.29. The van der Waals surface area contributed by atoms with Gasteiger partial charge in [0.1, 0.15) is 4.99 Å². The van der Waals surface area contributed by atoms with Gasteiger partial charge in [-0.25, -0.2) is 0 Å². The summed E-state index contributed by atoms with van der Waals surface area (Å²) in [4.78, 5) is 12.4. The van der Waals surface area contributed by atoms with Crippen molar-refractivity contribution in [1.29, 1.82) is 0 Å². The standard InChI is InChI=1S/C14H10Cl2N2OS/c15-10-4-9(5-11(16)7-10)14(19)18-12-3-1-2-8(6-12)13(17)20/h1-7H,(H2,17,20)(H,18,19). The van der Waals surface area contributed by atoms with E-state index in [1.807, 2.05) is 0 Å². The Kier molecular flexibility index (Phi) is 4.60. The number of anilines is 1. The number of rotatable bonds is 3. The van der Waals surface area contributed by atoms with Crippen molar-refractivity contribution < 1.29 is 4.79 Å². The van der Waals surface area contributed by atoms with E-state index >= 15 is 0 Å². The molecule has 2 aromatic carbocycles. The van der Waals surface area contributed by atoms with Gasteiger partial charge >= 0.3 is 0 Å². The summed E-state index contributed by atoms with van der Waals surface area (Å²) in [6, 6.07) is 11.6. The second-order valence-corrected chi connectivity index (χ2v) is 5.37. The van der Waals surface area contributed by atoms with E-state index in [1.54, 1.807) is 42.5 Å². The molecule has 0 radical (unpaired) electrons. The minimum Gasteiger partial charge on any atom is -0.389 e. The van der Waals surface area contributed by atoms with Crippen molar-refractivity contribution in [3.63, 3.8) is 0 Å². The first-order chi connectivity index (χ1) is 9.45. The molecule has 2 aromatic rings. The van der Waals surface area contributed by atoms with Crippen molar-refractivity contribution in [1.82, 2.24) is 0 Å². The van der Waals surface area contributed by atoms with Crippen molar-refractivity contribution in [3.05, 3.63) is 63.6 Å². The highest BCUT2D eigenvalue weighted by Gasteiger charge is 2.09. The lowest BCUT2D eigenvalue weighted by atomic mass is 10.1. The smallest absolute Gasteiger partial charge is 0.255 e. The van der Waals surface area contributed by atoms with Gasteiger partial charge in [0.25, 0.3) is 5.91 Å². The Morgan fingerprint density at radius 2 is 1.70 bits per heavy atom. The Morgan fingerprint density at radius 1 is 1.05 bits per heavy atom. The first-order valence-corrected chi connectivity index (χ1v) is 6.79. The molecule has 0 aliphatic heterocycles. The molecule has 0 spiro atoms. The molecule has 0 fully saturated rings. The van der Waals surface area contributed by atoms with E-state index in [0.717, 1.165) is 0 Å². The first kappa shape index (κ1) is 14.8. The van der Waals surface area contributed by atoms with E-state index in [9.17, 15) is 4.79 Å². The van der Waals surface area contributed by atoms with Gasteiger partial charge in [-0.1, -0.05) is 47.6 Å². The van der Waals surface area contributed by atoms with Crippen LogP contribution in [-0.4, -0.2) is 10.9 Å². The molecule has 6 heteroatoms. The number of carbonyl (C=O) groups excluding carboxylic acids is 1. The Morgan fingerprint density at radius 3 is 2.30 bits per heavy atom. The summed E-state index contributed by atoms with van der Waals surface area (Å²) in [5, 5.41) is 3.54. The molecule has 102 valence electrons. The van der Waals surface area contributed by atoms with Crippen molar-refractivity contribution in [2.24, 2.45) is 5.73 Å². The molecule has 0 saturated carbocycles. The van der Waals surface area contributed by atoms with E-state index in [1.165, 1.54) is 0 Å². The normalized spacial score (nSPS) is 10.1. The van der Waals surface area contributed by atoms with Gasteiger partial charge in [-0.2, -0.15) is 0 Å². The molecule has 3 nitrogen and oxygen atoms in total. The van der Waals surface area contributed by atoms with Crippen molar-refractivity contribution in [3.8, 4) is 0 Å². The SMILES string of the molecule is NC(=S)c1cccc(NC(=O)c2cc(Cl)cc(Cl)c2)c1. The van der Waals surface area contributed by atoms with Gasteiger partial charge in [0.2, 0.25) is 0 Å². The predicted octanol–water partition coefficient (Wildman–Crippen LogP) is 3.88. The minimum atomic E-state index is -0.311. The number of thiocarbonyl (C=S) groups is 1. The van der Waals surface area contributed by atoms with Gasteiger partial charge in [-0.15, -0.1) is 0 Å². The van der Waals surface area contributed by atoms with Crippen LogP contribution in [0.15, 0.2) is 42.5 Å². The highest BCUT2D eigenvalue weighted by molar-refractivity contribution is 7.80. The first-order valence-electron chi connectivity index (χ1n) is 5.63. The molecular weight excluding hydrogens is 315 g/mol. The Hall–Kier alpha value is -1.62. The zero-order valence-corrected chi connectivity index (χ0v) is 12.5. The summed E-state index contributed by atoms with van der Waals surface area (Å²) in [5.41, 5.74) is 7.20. The van der Waals surface area contributed by atoms with Gasteiger partial charge in [0.05, 0.1) is 0 Å². The Labute approximate surface area is 131 Å². The Bertz CT molecular complexity index is 668. The fourth-order valence-electron chi connectivity index (χ4n) is 1.64. The topological polar surface area (TPSA) is 55.1 Å². The second kappa shape index (κ2) is 6.22. The van der Waals surface area contributed by atoms with Gasteiger partial charge < -0.3 is 11.1 Å². The fraction of sp³-hybridized carbons (Fsp3) is 0. The van der Waals surface area contributed by atoms with Gasteiger partial charge in [-0.3, -0.25) is 4.79 Å². The lowest BCUT2D eigenvalue weighted by Gasteiger charge is -2.07. The number of hydrogen-bond donors (Lipinski definition) is 2. The van der Waals surface area contributed by atoms with Gasteiger partial charge in [0.15, 0.2) is 0 Å². The zero-order chi connectivity index (χ0) is 14.7. The molecule has 0 aromatic heterocycles. The predicted molar refractivity (Wildman–Crippen MR) is 86.7 cm³/mol. The minimum absolute atomic E-state index is 0.270. The van der Waals surface area contributed by atoms with Crippen molar-refractivity contribution in [2.75, 3.05) is 5.32 Å². The summed E-state index contributed by atoms with van der Waals surface area (Å²) in [6.07, 6.45) is 0. The van der Waals surface area contributed by atoms with Crippen LogP contribution in [0.2, 0.25) is 10.0 Å². The molecule has 3 N–H and O–H groups in total. The number of amides is 1. The number of nitrogens with two attached hydrogens (primary N) is 1. The highest BCUT2D eigenvalue weighted by Crippen LogP contribution is 2.20. The quantitative estimate of drug-likeness (QED) is 0.842. The van der Waals surface area contributed by atoms with Crippen LogP contribution < -0.4 is 11.1 Å². The van der Waals surface area contributed by atoms with Crippen LogP contribution >= 0.6 is 35.4 Å². The number of carbonyl (C=O) groups is 1. The zero-order valence-electron chi connectivity index (χ0n) is 10.2. The highest BCUT2D eigenvalue weighted by atomic mass is 35.5. The molecular formula is C14H10Cl2N2OS. The van der Waals surface area contributed by atoms with Gasteiger partial charge in [0, 0.05) is 26.9 Å². The van der Waals surface area contributed by atoms with Crippen molar-refractivity contribution in [2.45, 2.75) is 0 Å². The summed E-state index contributed by atoms with van der Waals surface area (Å²) >= 11 is 16.6. The third-order valence-corrected chi connectivity index (χ3v) is 3.20. The maximum atomic E-state index is 12.1. The van der Waals surface area contributed by atoms with Crippen LogP contribution in [0, 0.1) is 0 Å². The lowest BCUT2D eigenvalue weighted by molar-refractivity contribution is 0.102. The molecule has 0 saturated heterocycles. The van der Waals surface area contributed by atoms with Gasteiger partial charge in [-0.05, 0) is 30.3 Å². The second-order valence-electron chi connectivity index (χ2n) is 4.06. The average molecular weight is 325 g/mol. The summed E-state index contributed by atoms with van der Waals surface area (Å²) in [5.74, 6) is -0.311. The van der Waals surface area contributed by atoms with Crippen LogP contribution in [0.5, 0.6) is 0 Å². The van der Waals surface area contributed by atoms with E-state index < -0.39 is 0 Å². The van der Waals surface area contributed by atoms with E-state index in [2.05, 4.69) is 5.32 Å². The average Bonchev–Trinajstić information content (AvgIpc) is 2.37. The molecule has 0 aliphatic carbocycles.